The Morgan fingerprint density at radius 1 is 1.27 bits per heavy atom. The lowest BCUT2D eigenvalue weighted by Crippen LogP contribution is -2.55. The summed E-state index contributed by atoms with van der Waals surface area (Å²) >= 11 is 0. The average molecular weight is 328 g/mol. The van der Waals surface area contributed by atoms with E-state index in [9.17, 15) is 27.4 Å². The van der Waals surface area contributed by atoms with Crippen molar-refractivity contribution in [2.75, 3.05) is 0 Å². The molecule has 2 amide bonds. The van der Waals surface area contributed by atoms with Crippen LogP contribution in [0, 0.1) is 0 Å². The van der Waals surface area contributed by atoms with E-state index in [1.807, 2.05) is 0 Å². The van der Waals surface area contributed by atoms with Crippen molar-refractivity contribution in [2.45, 2.75) is 24.1 Å². The summed E-state index contributed by atoms with van der Waals surface area (Å²) in [5.41, 5.74) is -0.413. The van der Waals surface area contributed by atoms with E-state index in [4.69, 9.17) is 5.11 Å². The number of rotatable bonds is 5. The highest BCUT2D eigenvalue weighted by molar-refractivity contribution is 7.86. The quantitative estimate of drug-likeness (QED) is 0.556. The maximum Gasteiger partial charge on any atom is 0.307 e. The highest BCUT2D eigenvalue weighted by Crippen LogP contribution is 2.39. The fourth-order valence-electron chi connectivity index (χ4n) is 2.40. The lowest BCUT2D eigenvalue weighted by atomic mass is 10.1. The number of nitrogens with zero attached hydrogens (tertiary/aromatic N) is 2. The molecule has 0 saturated carbocycles. The Bertz CT molecular complexity index is 715. The smallest absolute Gasteiger partial charge is 0.307 e. The van der Waals surface area contributed by atoms with Crippen LogP contribution in [0.2, 0.25) is 0 Å². The van der Waals surface area contributed by atoms with Crippen LogP contribution in [0.15, 0.2) is 24.4 Å². The van der Waals surface area contributed by atoms with E-state index in [0.717, 1.165) is 6.07 Å². The van der Waals surface area contributed by atoms with Crippen LogP contribution in [-0.4, -0.2) is 45.7 Å². The number of pyridine rings is 1. The molecule has 1 aliphatic rings. The highest BCUT2D eigenvalue weighted by atomic mass is 32.2. The molecular formula is C12H12N2O7S. The minimum Gasteiger partial charge on any atom is -0.481 e. The molecule has 1 aromatic rings. The normalized spacial score (nSPS) is 18.3. The zero-order chi connectivity index (χ0) is 16.5. The molecule has 10 heteroatoms. The summed E-state index contributed by atoms with van der Waals surface area (Å²) in [6.07, 6.45) is -0.562. The van der Waals surface area contributed by atoms with Gasteiger partial charge in [0.05, 0.1) is 12.1 Å². The van der Waals surface area contributed by atoms with E-state index < -0.39 is 44.9 Å². The Balaban J connectivity index is 2.79. The average Bonchev–Trinajstić information content (AvgIpc) is 2.75. The second kappa shape index (κ2) is 5.46. The van der Waals surface area contributed by atoms with Crippen molar-refractivity contribution in [1.29, 1.82) is 0 Å². The number of amides is 2. The molecule has 118 valence electrons. The van der Waals surface area contributed by atoms with E-state index >= 15 is 0 Å². The Hall–Kier alpha value is -2.33. The summed E-state index contributed by atoms with van der Waals surface area (Å²) < 4.78 is 33.6. The maximum absolute atomic E-state index is 12.0. The van der Waals surface area contributed by atoms with Crippen LogP contribution in [0.25, 0.3) is 0 Å². The predicted molar refractivity (Wildman–Crippen MR) is 70.8 cm³/mol. The molecule has 2 heterocycles. The maximum atomic E-state index is 12.0. The number of aromatic nitrogens is 1. The molecule has 2 rings (SSSR count). The van der Waals surface area contributed by atoms with Crippen molar-refractivity contribution in [3.8, 4) is 0 Å². The van der Waals surface area contributed by atoms with E-state index in [-0.39, 0.29) is 12.8 Å². The summed E-state index contributed by atoms with van der Waals surface area (Å²) in [5.74, 6) is -3.38. The van der Waals surface area contributed by atoms with Crippen LogP contribution in [0.5, 0.6) is 0 Å². The van der Waals surface area contributed by atoms with E-state index in [1.165, 1.54) is 18.3 Å². The van der Waals surface area contributed by atoms with Crippen LogP contribution in [0.4, 0.5) is 0 Å². The van der Waals surface area contributed by atoms with Gasteiger partial charge in [-0.25, -0.2) is 0 Å². The monoisotopic (exact) mass is 328 g/mol. The van der Waals surface area contributed by atoms with Crippen LogP contribution >= 0.6 is 0 Å². The number of hydrogen-bond acceptors (Lipinski definition) is 6. The SMILES string of the molecule is O=C(O)CC(c1ccccn1)(N1C(=O)CCC1=O)S(=O)(=O)O. The lowest BCUT2D eigenvalue weighted by molar-refractivity contribution is -0.147. The molecule has 0 spiro atoms. The summed E-state index contributed by atoms with van der Waals surface area (Å²) in [5, 5.41) is 9.05. The van der Waals surface area contributed by atoms with Crippen molar-refractivity contribution >= 4 is 27.9 Å². The predicted octanol–water partition coefficient (Wildman–Crippen LogP) is -0.254. The highest BCUT2D eigenvalue weighted by Gasteiger charge is 2.58. The van der Waals surface area contributed by atoms with Crippen LogP contribution in [-0.2, 0) is 29.4 Å². The first-order chi connectivity index (χ1) is 10.2. The fraction of sp³-hybridized carbons (Fsp3) is 0.333. The fourth-order valence-corrected chi connectivity index (χ4v) is 3.53. The first-order valence-electron chi connectivity index (χ1n) is 6.16. The molecule has 1 aromatic heterocycles. The largest absolute Gasteiger partial charge is 0.481 e. The zero-order valence-corrected chi connectivity index (χ0v) is 12.0. The van der Waals surface area contributed by atoms with Crippen LogP contribution < -0.4 is 0 Å². The summed E-state index contributed by atoms with van der Waals surface area (Å²) in [6, 6.07) is 3.93. The van der Waals surface area contributed by atoms with Gasteiger partial charge in [-0.05, 0) is 12.1 Å². The molecule has 1 saturated heterocycles. The molecule has 1 fully saturated rings. The second-order valence-corrected chi connectivity index (χ2v) is 6.29. The first kappa shape index (κ1) is 16.0. The molecule has 0 aliphatic carbocycles. The number of carboxylic acid groups (broad SMARTS) is 1. The minimum absolute atomic E-state index is 0.261. The number of carbonyl (C=O) groups excluding carboxylic acids is 2. The van der Waals surface area contributed by atoms with Crippen LogP contribution in [0.1, 0.15) is 25.0 Å². The summed E-state index contributed by atoms with van der Waals surface area (Å²) in [6.45, 7) is 0. The van der Waals surface area contributed by atoms with Gasteiger partial charge in [0.1, 0.15) is 0 Å². The number of aliphatic carboxylic acids is 1. The van der Waals surface area contributed by atoms with Gasteiger partial charge in [0.2, 0.25) is 16.7 Å². The van der Waals surface area contributed by atoms with Gasteiger partial charge in [0.15, 0.2) is 0 Å². The Morgan fingerprint density at radius 2 is 1.86 bits per heavy atom. The van der Waals surface area contributed by atoms with Gasteiger partial charge in [0, 0.05) is 19.0 Å². The molecule has 9 nitrogen and oxygen atoms in total. The number of hydrogen-bond donors (Lipinski definition) is 2. The summed E-state index contributed by atoms with van der Waals surface area (Å²) in [7, 11) is -5.18. The van der Waals surface area contributed by atoms with Gasteiger partial charge in [0.25, 0.3) is 10.1 Å². The number of carbonyl (C=O) groups is 3. The van der Waals surface area contributed by atoms with E-state index in [0.29, 0.717) is 4.90 Å². The summed E-state index contributed by atoms with van der Waals surface area (Å²) in [4.78, 5) is 36.3. The topological polar surface area (TPSA) is 142 Å². The van der Waals surface area contributed by atoms with Crippen molar-refractivity contribution in [3.63, 3.8) is 0 Å². The third-order valence-electron chi connectivity index (χ3n) is 3.30. The Kier molecular flexibility index (Phi) is 3.98. The van der Waals surface area contributed by atoms with Crippen molar-refractivity contribution < 1.29 is 32.5 Å². The van der Waals surface area contributed by atoms with Gasteiger partial charge in [-0.3, -0.25) is 28.8 Å². The standard InChI is InChI=1S/C12H12N2O7S/c15-9-4-5-10(16)14(9)12(7-11(17)18,22(19,20)21)8-3-1-2-6-13-8/h1-3,6H,4-5,7H2,(H,17,18)(H,19,20,21). The van der Waals surface area contributed by atoms with Crippen LogP contribution in [0.3, 0.4) is 0 Å². The molecule has 2 N–H and O–H groups in total. The van der Waals surface area contributed by atoms with Gasteiger partial charge >= 0.3 is 5.97 Å². The third kappa shape index (κ3) is 2.46. The van der Waals surface area contributed by atoms with Crippen molar-refractivity contribution in [1.82, 2.24) is 9.88 Å². The second-order valence-electron chi connectivity index (χ2n) is 4.67. The molecule has 0 bridgehead atoms. The molecule has 0 aromatic carbocycles. The van der Waals surface area contributed by atoms with Crippen molar-refractivity contribution in [3.05, 3.63) is 30.1 Å². The molecule has 1 atom stereocenters. The van der Waals surface area contributed by atoms with E-state index in [1.54, 1.807) is 0 Å². The van der Waals surface area contributed by atoms with E-state index in [2.05, 4.69) is 4.98 Å². The number of imide groups is 1. The van der Waals surface area contributed by atoms with Crippen molar-refractivity contribution in [2.24, 2.45) is 0 Å². The van der Waals surface area contributed by atoms with Gasteiger partial charge in [-0.15, -0.1) is 0 Å². The van der Waals surface area contributed by atoms with Gasteiger partial charge in [-0.1, -0.05) is 6.07 Å². The third-order valence-corrected chi connectivity index (χ3v) is 4.68. The minimum atomic E-state index is -5.18. The Labute approximate surface area is 125 Å². The molecule has 1 aliphatic heterocycles. The zero-order valence-electron chi connectivity index (χ0n) is 11.2. The first-order valence-corrected chi connectivity index (χ1v) is 7.60. The molecule has 22 heavy (non-hydrogen) atoms. The molecular weight excluding hydrogens is 316 g/mol. The molecule has 1 unspecified atom stereocenters. The Morgan fingerprint density at radius 3 is 2.27 bits per heavy atom. The van der Waals surface area contributed by atoms with Gasteiger partial charge < -0.3 is 5.11 Å². The number of likely N-dealkylation sites (tertiary alicyclic amines) is 1. The molecule has 0 radical (unpaired) electrons. The number of carboxylic acids is 1. The van der Waals surface area contributed by atoms with Gasteiger partial charge in [-0.2, -0.15) is 8.42 Å². The lowest BCUT2D eigenvalue weighted by Gasteiger charge is -2.35.